The molecule has 2 fully saturated rings. The fourth-order valence-electron chi connectivity index (χ4n) is 3.42. The number of nitrogens with two attached hydrogens (primary N) is 1. The van der Waals surface area contributed by atoms with Crippen molar-refractivity contribution >= 4 is 12.0 Å². The van der Waals surface area contributed by atoms with E-state index in [1.165, 1.54) is 6.42 Å². The molecular formula is C17H31N3O3. The number of hydrogen-bond acceptors (Lipinski definition) is 4. The van der Waals surface area contributed by atoms with Crippen molar-refractivity contribution in [2.45, 2.75) is 64.5 Å². The maximum atomic E-state index is 12.8. The summed E-state index contributed by atoms with van der Waals surface area (Å²) >= 11 is 0. The van der Waals surface area contributed by atoms with Crippen LogP contribution in [0.2, 0.25) is 0 Å². The molecule has 2 rings (SSSR count). The minimum Gasteiger partial charge on any atom is -0.444 e. The molecule has 1 heterocycles. The highest BCUT2D eigenvalue weighted by Crippen LogP contribution is 2.27. The van der Waals surface area contributed by atoms with Gasteiger partial charge in [0, 0.05) is 32.1 Å². The van der Waals surface area contributed by atoms with Gasteiger partial charge in [-0.1, -0.05) is 19.3 Å². The molecule has 1 saturated carbocycles. The summed E-state index contributed by atoms with van der Waals surface area (Å²) in [6.07, 6.45) is 5.17. The van der Waals surface area contributed by atoms with Gasteiger partial charge < -0.3 is 20.3 Å². The molecule has 0 aromatic carbocycles. The van der Waals surface area contributed by atoms with E-state index < -0.39 is 5.60 Å². The molecule has 1 unspecified atom stereocenters. The van der Waals surface area contributed by atoms with Crippen LogP contribution in [0.4, 0.5) is 4.79 Å². The molecule has 2 amide bonds. The molecule has 132 valence electrons. The molecule has 23 heavy (non-hydrogen) atoms. The Morgan fingerprint density at radius 3 is 2.35 bits per heavy atom. The van der Waals surface area contributed by atoms with Gasteiger partial charge in [0.2, 0.25) is 5.91 Å². The van der Waals surface area contributed by atoms with Gasteiger partial charge in [-0.25, -0.2) is 4.79 Å². The molecule has 0 bridgehead atoms. The first-order valence-corrected chi connectivity index (χ1v) is 8.80. The molecule has 1 atom stereocenters. The van der Waals surface area contributed by atoms with E-state index in [1.54, 1.807) is 4.90 Å². The van der Waals surface area contributed by atoms with Gasteiger partial charge in [-0.2, -0.15) is 0 Å². The largest absolute Gasteiger partial charge is 0.444 e. The summed E-state index contributed by atoms with van der Waals surface area (Å²) in [7, 11) is 0. The standard InChI is InChI=1S/C17H31N3O3/c1-17(2,3)23-16(22)19-9-10-20(14(11-18)12-19)15(21)13-7-5-4-6-8-13/h13-14H,4-12,18H2,1-3H3. The van der Waals surface area contributed by atoms with Crippen LogP contribution < -0.4 is 5.73 Å². The first-order chi connectivity index (χ1) is 10.8. The van der Waals surface area contributed by atoms with Crippen LogP contribution >= 0.6 is 0 Å². The monoisotopic (exact) mass is 325 g/mol. The van der Waals surface area contributed by atoms with E-state index in [2.05, 4.69) is 0 Å². The Hall–Kier alpha value is -1.30. The SMILES string of the molecule is CC(C)(C)OC(=O)N1CCN(C(=O)C2CCCCC2)C(CN)C1. The Bertz CT molecular complexity index is 427. The highest BCUT2D eigenvalue weighted by atomic mass is 16.6. The summed E-state index contributed by atoms with van der Waals surface area (Å²) in [4.78, 5) is 28.5. The Labute approximate surface area is 139 Å². The maximum absolute atomic E-state index is 12.8. The highest BCUT2D eigenvalue weighted by Gasteiger charge is 2.36. The van der Waals surface area contributed by atoms with Gasteiger partial charge in [-0.15, -0.1) is 0 Å². The molecule has 0 aromatic rings. The zero-order valence-corrected chi connectivity index (χ0v) is 14.7. The number of amides is 2. The van der Waals surface area contributed by atoms with Crippen molar-refractivity contribution in [1.82, 2.24) is 9.80 Å². The van der Waals surface area contributed by atoms with Crippen molar-refractivity contribution in [3.8, 4) is 0 Å². The number of nitrogens with zero attached hydrogens (tertiary/aromatic N) is 2. The van der Waals surface area contributed by atoms with Crippen molar-refractivity contribution in [3.05, 3.63) is 0 Å². The second-order valence-corrected chi connectivity index (χ2v) is 7.68. The smallest absolute Gasteiger partial charge is 0.410 e. The number of hydrogen-bond donors (Lipinski definition) is 1. The third-order valence-corrected chi connectivity index (χ3v) is 4.64. The summed E-state index contributed by atoms with van der Waals surface area (Å²) in [5.41, 5.74) is 5.37. The van der Waals surface area contributed by atoms with Crippen molar-refractivity contribution in [1.29, 1.82) is 0 Å². The van der Waals surface area contributed by atoms with Crippen LogP contribution in [0.15, 0.2) is 0 Å². The third kappa shape index (κ3) is 4.83. The second-order valence-electron chi connectivity index (χ2n) is 7.68. The van der Waals surface area contributed by atoms with Crippen molar-refractivity contribution in [3.63, 3.8) is 0 Å². The van der Waals surface area contributed by atoms with Gasteiger partial charge in [0.05, 0.1) is 6.04 Å². The predicted octanol–water partition coefficient (Wildman–Crippen LogP) is 1.97. The molecule has 1 aliphatic carbocycles. The van der Waals surface area contributed by atoms with Gasteiger partial charge >= 0.3 is 6.09 Å². The number of piperazine rings is 1. The molecular weight excluding hydrogens is 294 g/mol. The zero-order valence-electron chi connectivity index (χ0n) is 14.7. The Morgan fingerprint density at radius 1 is 1.13 bits per heavy atom. The Balaban J connectivity index is 1.95. The molecule has 2 aliphatic rings. The summed E-state index contributed by atoms with van der Waals surface area (Å²) < 4.78 is 5.42. The zero-order chi connectivity index (χ0) is 17.0. The summed E-state index contributed by atoms with van der Waals surface area (Å²) in [6, 6.07) is -0.106. The van der Waals surface area contributed by atoms with Gasteiger partial charge in [0.1, 0.15) is 5.60 Å². The normalized spacial score (nSPS) is 23.7. The quantitative estimate of drug-likeness (QED) is 0.842. The molecule has 1 saturated heterocycles. The van der Waals surface area contributed by atoms with Crippen LogP contribution in [0.5, 0.6) is 0 Å². The lowest BCUT2D eigenvalue weighted by molar-refractivity contribution is -0.141. The van der Waals surface area contributed by atoms with E-state index in [0.29, 0.717) is 26.2 Å². The average Bonchev–Trinajstić information content (AvgIpc) is 2.52. The third-order valence-electron chi connectivity index (χ3n) is 4.64. The molecule has 0 spiro atoms. The van der Waals surface area contributed by atoms with Crippen molar-refractivity contribution in [2.24, 2.45) is 11.7 Å². The first kappa shape index (κ1) is 18.0. The van der Waals surface area contributed by atoms with Crippen LogP contribution in [0, 0.1) is 5.92 Å². The maximum Gasteiger partial charge on any atom is 0.410 e. The summed E-state index contributed by atoms with van der Waals surface area (Å²) in [5, 5.41) is 0. The van der Waals surface area contributed by atoms with E-state index in [9.17, 15) is 9.59 Å². The fourth-order valence-corrected chi connectivity index (χ4v) is 3.42. The van der Waals surface area contributed by atoms with Gasteiger partial charge in [0.15, 0.2) is 0 Å². The topological polar surface area (TPSA) is 75.9 Å². The van der Waals surface area contributed by atoms with Crippen LogP contribution in [-0.2, 0) is 9.53 Å². The van der Waals surface area contributed by atoms with Crippen LogP contribution in [0.25, 0.3) is 0 Å². The predicted molar refractivity (Wildman–Crippen MR) is 88.9 cm³/mol. The summed E-state index contributed by atoms with van der Waals surface area (Å²) in [6.45, 7) is 7.47. The van der Waals surface area contributed by atoms with E-state index >= 15 is 0 Å². The van der Waals surface area contributed by atoms with E-state index in [-0.39, 0.29) is 24.0 Å². The number of carbonyl (C=O) groups excluding carboxylic acids is 2. The van der Waals surface area contributed by atoms with Crippen molar-refractivity contribution < 1.29 is 14.3 Å². The Morgan fingerprint density at radius 2 is 1.78 bits per heavy atom. The average molecular weight is 325 g/mol. The lowest BCUT2D eigenvalue weighted by Gasteiger charge is -2.42. The highest BCUT2D eigenvalue weighted by molar-refractivity contribution is 5.80. The van der Waals surface area contributed by atoms with Gasteiger partial charge in [0.25, 0.3) is 0 Å². The fraction of sp³-hybridized carbons (Fsp3) is 0.882. The molecule has 6 nitrogen and oxygen atoms in total. The van der Waals surface area contributed by atoms with Gasteiger partial charge in [-0.05, 0) is 33.6 Å². The number of ether oxygens (including phenoxy) is 1. The molecule has 0 aromatic heterocycles. The lowest BCUT2D eigenvalue weighted by atomic mass is 9.87. The van der Waals surface area contributed by atoms with Crippen LogP contribution in [-0.4, -0.2) is 59.6 Å². The van der Waals surface area contributed by atoms with Gasteiger partial charge in [-0.3, -0.25) is 4.79 Å². The van der Waals surface area contributed by atoms with Crippen LogP contribution in [0.3, 0.4) is 0 Å². The minimum absolute atomic E-state index is 0.106. The van der Waals surface area contributed by atoms with Crippen LogP contribution in [0.1, 0.15) is 52.9 Å². The second kappa shape index (κ2) is 7.51. The molecule has 2 N–H and O–H groups in total. The number of rotatable bonds is 2. The molecule has 6 heteroatoms. The number of carbonyl (C=O) groups is 2. The van der Waals surface area contributed by atoms with E-state index in [4.69, 9.17) is 10.5 Å². The first-order valence-electron chi connectivity index (χ1n) is 8.80. The summed E-state index contributed by atoms with van der Waals surface area (Å²) in [5.74, 6) is 0.370. The van der Waals surface area contributed by atoms with E-state index in [0.717, 1.165) is 25.7 Å². The van der Waals surface area contributed by atoms with E-state index in [1.807, 2.05) is 25.7 Å². The minimum atomic E-state index is -0.510. The lowest BCUT2D eigenvalue weighted by Crippen LogP contribution is -2.60. The van der Waals surface area contributed by atoms with Crippen molar-refractivity contribution in [2.75, 3.05) is 26.2 Å². The Kier molecular flexibility index (Phi) is 5.89. The molecule has 1 aliphatic heterocycles. The molecule has 0 radical (unpaired) electrons.